The Morgan fingerprint density at radius 3 is 2.69 bits per heavy atom. The maximum absolute atomic E-state index is 13.0. The third-order valence-electron chi connectivity index (χ3n) is 4.59. The third kappa shape index (κ3) is 3.35. The summed E-state index contributed by atoms with van der Waals surface area (Å²) in [4.78, 5) is 16.2. The molecule has 2 heterocycles. The van der Waals surface area contributed by atoms with E-state index in [1.807, 2.05) is 35.2 Å². The number of carbonyl (C=O) groups excluding carboxylic acids is 1. The molecule has 26 heavy (non-hydrogen) atoms. The fourth-order valence-corrected chi connectivity index (χ4v) is 4.46. The first-order valence-corrected chi connectivity index (χ1v) is 9.78. The number of hydrogen-bond acceptors (Lipinski definition) is 3. The number of nitrogens with zero attached hydrogens (tertiary/aromatic N) is 1. The fraction of sp³-hybridized carbons (Fsp3) is 0.190. The van der Waals surface area contributed by atoms with Crippen LogP contribution in [0.3, 0.4) is 0 Å². The summed E-state index contributed by atoms with van der Waals surface area (Å²) in [5.74, 6) is 0.502. The minimum Gasteiger partial charge on any atom is -0.482 e. The van der Waals surface area contributed by atoms with Crippen molar-refractivity contribution < 1.29 is 9.53 Å². The van der Waals surface area contributed by atoms with Gasteiger partial charge in [-0.25, -0.2) is 0 Å². The van der Waals surface area contributed by atoms with Gasteiger partial charge in [0.05, 0.1) is 11.1 Å². The summed E-state index contributed by atoms with van der Waals surface area (Å²) in [5, 5.41) is 2.62. The van der Waals surface area contributed by atoms with Gasteiger partial charge in [0.1, 0.15) is 5.75 Å². The number of ether oxygens (including phenoxy) is 1. The van der Waals surface area contributed by atoms with Crippen molar-refractivity contribution in [3.63, 3.8) is 0 Å². The summed E-state index contributed by atoms with van der Waals surface area (Å²) in [7, 11) is 0. The molecule has 1 amide bonds. The summed E-state index contributed by atoms with van der Waals surface area (Å²) in [5.41, 5.74) is 2.34. The molecule has 0 N–H and O–H groups in total. The van der Waals surface area contributed by atoms with Gasteiger partial charge in [0.2, 0.25) is 0 Å². The lowest BCUT2D eigenvalue weighted by Crippen LogP contribution is -2.42. The molecule has 0 fully saturated rings. The Kier molecular flexibility index (Phi) is 4.96. The molecular weight excluding hydrogens is 366 g/mol. The minimum atomic E-state index is -0.0615. The van der Waals surface area contributed by atoms with Gasteiger partial charge in [-0.3, -0.25) is 4.79 Å². The summed E-state index contributed by atoms with van der Waals surface area (Å²) in [6.45, 7) is 0.671. The first-order chi connectivity index (χ1) is 12.7. The second-order valence-corrected chi connectivity index (χ2v) is 7.58. The van der Waals surface area contributed by atoms with Crippen LogP contribution in [0.1, 0.15) is 22.0 Å². The van der Waals surface area contributed by atoms with Crippen LogP contribution in [-0.2, 0) is 11.2 Å². The van der Waals surface area contributed by atoms with Crippen LogP contribution in [0.5, 0.6) is 5.75 Å². The van der Waals surface area contributed by atoms with Gasteiger partial charge < -0.3 is 9.64 Å². The zero-order valence-corrected chi connectivity index (χ0v) is 15.7. The SMILES string of the molecule is O=C(COc1ccccc1Cl)N1CCc2sccc2C1c1ccccc1. The van der Waals surface area contributed by atoms with Gasteiger partial charge in [0.15, 0.2) is 6.61 Å². The molecule has 1 unspecified atom stereocenters. The highest BCUT2D eigenvalue weighted by molar-refractivity contribution is 7.10. The Bertz CT molecular complexity index is 909. The van der Waals surface area contributed by atoms with Crippen molar-refractivity contribution >= 4 is 28.8 Å². The van der Waals surface area contributed by atoms with Crippen molar-refractivity contribution in [3.05, 3.63) is 87.1 Å². The van der Waals surface area contributed by atoms with E-state index in [1.165, 1.54) is 10.4 Å². The van der Waals surface area contributed by atoms with Gasteiger partial charge in [0, 0.05) is 11.4 Å². The van der Waals surface area contributed by atoms with E-state index in [-0.39, 0.29) is 18.6 Å². The fourth-order valence-electron chi connectivity index (χ4n) is 3.36. The number of thiophene rings is 1. The molecule has 0 spiro atoms. The Hall–Kier alpha value is -2.30. The van der Waals surface area contributed by atoms with E-state index in [2.05, 4.69) is 23.6 Å². The normalized spacial score (nSPS) is 16.2. The molecule has 132 valence electrons. The van der Waals surface area contributed by atoms with Crippen molar-refractivity contribution in [2.24, 2.45) is 0 Å². The summed E-state index contributed by atoms with van der Waals surface area (Å²) in [6.07, 6.45) is 0.883. The smallest absolute Gasteiger partial charge is 0.261 e. The van der Waals surface area contributed by atoms with Crippen LogP contribution in [0.2, 0.25) is 5.02 Å². The van der Waals surface area contributed by atoms with Gasteiger partial charge in [0.25, 0.3) is 5.91 Å². The van der Waals surface area contributed by atoms with Gasteiger partial charge in [-0.2, -0.15) is 0 Å². The first-order valence-electron chi connectivity index (χ1n) is 8.52. The van der Waals surface area contributed by atoms with E-state index in [1.54, 1.807) is 23.5 Å². The van der Waals surface area contributed by atoms with Crippen molar-refractivity contribution in [2.75, 3.05) is 13.2 Å². The summed E-state index contributed by atoms with van der Waals surface area (Å²) >= 11 is 7.88. The molecule has 3 nitrogen and oxygen atoms in total. The summed E-state index contributed by atoms with van der Waals surface area (Å²) < 4.78 is 5.68. The number of halogens is 1. The van der Waals surface area contributed by atoms with Gasteiger partial charge >= 0.3 is 0 Å². The van der Waals surface area contributed by atoms with E-state index >= 15 is 0 Å². The van der Waals surface area contributed by atoms with E-state index in [0.717, 1.165) is 12.0 Å². The number of benzene rings is 2. The predicted molar refractivity (Wildman–Crippen MR) is 105 cm³/mol. The highest BCUT2D eigenvalue weighted by Gasteiger charge is 2.32. The molecule has 2 aromatic carbocycles. The largest absolute Gasteiger partial charge is 0.482 e. The van der Waals surface area contributed by atoms with Gasteiger partial charge in [-0.15, -0.1) is 11.3 Å². The molecule has 1 aliphatic rings. The first kappa shape index (κ1) is 17.1. The number of amides is 1. The molecule has 0 radical (unpaired) electrons. The Morgan fingerprint density at radius 1 is 1.12 bits per heavy atom. The average Bonchev–Trinajstić information content (AvgIpc) is 3.16. The van der Waals surface area contributed by atoms with Crippen LogP contribution in [0, 0.1) is 0 Å². The predicted octanol–water partition coefficient (Wildman–Crippen LogP) is 4.95. The van der Waals surface area contributed by atoms with Crippen molar-refractivity contribution in [1.29, 1.82) is 0 Å². The van der Waals surface area contributed by atoms with E-state index in [9.17, 15) is 4.79 Å². The number of hydrogen-bond donors (Lipinski definition) is 0. The third-order valence-corrected chi connectivity index (χ3v) is 5.90. The molecular formula is C21H18ClNO2S. The van der Waals surface area contributed by atoms with Crippen LogP contribution < -0.4 is 4.74 Å². The van der Waals surface area contributed by atoms with Gasteiger partial charge in [-0.1, -0.05) is 54.1 Å². The Labute approximate surface area is 161 Å². The molecule has 0 aliphatic carbocycles. The molecule has 3 aromatic rings. The average molecular weight is 384 g/mol. The minimum absolute atomic E-state index is 0.0213. The Morgan fingerprint density at radius 2 is 1.88 bits per heavy atom. The quantitative estimate of drug-likeness (QED) is 0.637. The lowest BCUT2D eigenvalue weighted by Gasteiger charge is -2.36. The molecule has 0 bridgehead atoms. The van der Waals surface area contributed by atoms with Crippen LogP contribution >= 0.6 is 22.9 Å². The second-order valence-electron chi connectivity index (χ2n) is 6.17. The van der Waals surface area contributed by atoms with Crippen molar-refractivity contribution in [2.45, 2.75) is 12.5 Å². The van der Waals surface area contributed by atoms with E-state index in [0.29, 0.717) is 17.3 Å². The Balaban J connectivity index is 1.58. The molecule has 0 saturated heterocycles. The number of rotatable bonds is 4. The summed E-state index contributed by atoms with van der Waals surface area (Å²) in [6, 6.07) is 19.5. The van der Waals surface area contributed by atoms with Gasteiger partial charge in [-0.05, 0) is 41.1 Å². The zero-order valence-electron chi connectivity index (χ0n) is 14.1. The molecule has 1 aromatic heterocycles. The lowest BCUT2D eigenvalue weighted by molar-refractivity contribution is -0.135. The topological polar surface area (TPSA) is 29.5 Å². The van der Waals surface area contributed by atoms with Crippen LogP contribution in [0.15, 0.2) is 66.0 Å². The van der Waals surface area contributed by atoms with Crippen molar-refractivity contribution in [3.8, 4) is 5.75 Å². The standard InChI is InChI=1S/C21H18ClNO2S/c22-17-8-4-5-9-18(17)25-14-20(24)23-12-10-19-16(11-13-26-19)21(23)15-6-2-1-3-7-15/h1-9,11,13,21H,10,12,14H2. The maximum Gasteiger partial charge on any atom is 0.261 e. The van der Waals surface area contributed by atoms with Crippen molar-refractivity contribution in [1.82, 2.24) is 4.90 Å². The lowest BCUT2D eigenvalue weighted by atomic mass is 9.93. The number of para-hydroxylation sites is 1. The maximum atomic E-state index is 13.0. The molecule has 1 atom stereocenters. The molecule has 1 aliphatic heterocycles. The molecule has 0 saturated carbocycles. The molecule has 4 rings (SSSR count). The molecule has 5 heteroatoms. The highest BCUT2D eigenvalue weighted by atomic mass is 35.5. The highest BCUT2D eigenvalue weighted by Crippen LogP contribution is 2.37. The van der Waals surface area contributed by atoms with Crippen LogP contribution in [-0.4, -0.2) is 24.0 Å². The second kappa shape index (κ2) is 7.52. The monoisotopic (exact) mass is 383 g/mol. The van der Waals surface area contributed by atoms with E-state index in [4.69, 9.17) is 16.3 Å². The van der Waals surface area contributed by atoms with E-state index < -0.39 is 0 Å². The zero-order chi connectivity index (χ0) is 17.9. The van der Waals surface area contributed by atoms with Crippen LogP contribution in [0.25, 0.3) is 0 Å². The number of fused-ring (bicyclic) bond motifs is 1. The van der Waals surface area contributed by atoms with Crippen LogP contribution in [0.4, 0.5) is 0 Å². The number of carbonyl (C=O) groups is 1.